The zero-order chi connectivity index (χ0) is 15.1. The molecule has 2 heterocycles. The molecule has 114 valence electrons. The van der Waals surface area contributed by atoms with Crippen molar-refractivity contribution in [3.63, 3.8) is 0 Å². The van der Waals surface area contributed by atoms with Crippen LogP contribution in [0.3, 0.4) is 0 Å². The van der Waals surface area contributed by atoms with Gasteiger partial charge in [0.2, 0.25) is 0 Å². The van der Waals surface area contributed by atoms with Gasteiger partial charge >= 0.3 is 0 Å². The van der Waals surface area contributed by atoms with Crippen molar-refractivity contribution in [2.45, 2.75) is 39.9 Å². The molecule has 0 saturated heterocycles. The van der Waals surface area contributed by atoms with Crippen LogP contribution < -0.4 is 5.32 Å². The molecule has 0 fully saturated rings. The zero-order valence-corrected chi connectivity index (χ0v) is 13.2. The van der Waals surface area contributed by atoms with E-state index in [2.05, 4.69) is 41.3 Å². The molecule has 4 nitrogen and oxygen atoms in total. The Labute approximate surface area is 127 Å². The predicted molar refractivity (Wildman–Crippen MR) is 84.9 cm³/mol. The second-order valence-electron chi connectivity index (χ2n) is 5.50. The summed E-state index contributed by atoms with van der Waals surface area (Å²) in [4.78, 5) is 6.38. The molecule has 0 saturated carbocycles. The number of aryl methyl sites for hydroxylation is 1. The maximum atomic E-state index is 5.86. The number of furan rings is 1. The van der Waals surface area contributed by atoms with Gasteiger partial charge in [0.05, 0.1) is 6.54 Å². The van der Waals surface area contributed by atoms with E-state index in [0.717, 1.165) is 44.1 Å². The van der Waals surface area contributed by atoms with E-state index in [1.807, 2.05) is 19.2 Å². The average Bonchev–Trinajstić information content (AvgIpc) is 2.80. The van der Waals surface area contributed by atoms with Crippen LogP contribution in [-0.2, 0) is 19.6 Å². The van der Waals surface area contributed by atoms with E-state index in [1.165, 1.54) is 11.1 Å². The summed E-state index contributed by atoms with van der Waals surface area (Å²) in [6, 6.07) is 6.23. The highest BCUT2D eigenvalue weighted by molar-refractivity contribution is 5.20. The molecule has 4 heteroatoms. The van der Waals surface area contributed by atoms with Crippen LogP contribution in [0.4, 0.5) is 0 Å². The van der Waals surface area contributed by atoms with Crippen LogP contribution in [0, 0.1) is 6.92 Å². The highest BCUT2D eigenvalue weighted by atomic mass is 16.3. The van der Waals surface area contributed by atoms with E-state index in [4.69, 9.17) is 4.42 Å². The van der Waals surface area contributed by atoms with Crippen molar-refractivity contribution in [1.29, 1.82) is 0 Å². The summed E-state index contributed by atoms with van der Waals surface area (Å²) in [5, 5.41) is 3.42. The van der Waals surface area contributed by atoms with Crippen molar-refractivity contribution in [3.05, 3.63) is 53.2 Å². The lowest BCUT2D eigenvalue weighted by Gasteiger charge is -2.14. The monoisotopic (exact) mass is 287 g/mol. The standard InChI is InChI=1S/C17H25N3O/c1-4-7-18-11-16-9-17(21-14(16)2)13-20(3)12-15-6-5-8-19-10-15/h5-6,8-10,18H,4,7,11-13H2,1-3H3. The first-order valence-electron chi connectivity index (χ1n) is 7.55. The second-order valence-corrected chi connectivity index (χ2v) is 5.50. The van der Waals surface area contributed by atoms with E-state index in [0.29, 0.717) is 0 Å². The Balaban J connectivity index is 1.89. The maximum Gasteiger partial charge on any atom is 0.118 e. The van der Waals surface area contributed by atoms with Crippen molar-refractivity contribution >= 4 is 0 Å². The Morgan fingerprint density at radius 1 is 1.33 bits per heavy atom. The fraction of sp³-hybridized carbons (Fsp3) is 0.471. The average molecular weight is 287 g/mol. The molecule has 0 radical (unpaired) electrons. The summed E-state index contributed by atoms with van der Waals surface area (Å²) in [5.41, 5.74) is 2.47. The number of nitrogens with one attached hydrogen (secondary N) is 1. The maximum absolute atomic E-state index is 5.86. The second kappa shape index (κ2) is 7.96. The van der Waals surface area contributed by atoms with E-state index >= 15 is 0 Å². The number of hydrogen-bond donors (Lipinski definition) is 1. The minimum Gasteiger partial charge on any atom is -0.465 e. The first kappa shape index (κ1) is 15.7. The Morgan fingerprint density at radius 2 is 2.19 bits per heavy atom. The number of hydrogen-bond acceptors (Lipinski definition) is 4. The SMILES string of the molecule is CCCNCc1cc(CN(C)Cc2cccnc2)oc1C. The van der Waals surface area contributed by atoms with Crippen molar-refractivity contribution in [2.75, 3.05) is 13.6 Å². The Bertz CT molecular complexity index is 536. The number of nitrogens with zero attached hydrogens (tertiary/aromatic N) is 2. The minimum atomic E-state index is 0.809. The third-order valence-corrected chi connectivity index (χ3v) is 3.41. The minimum absolute atomic E-state index is 0.809. The molecule has 0 aliphatic rings. The lowest BCUT2D eigenvalue weighted by atomic mass is 10.2. The molecule has 0 unspecified atom stereocenters. The lowest BCUT2D eigenvalue weighted by molar-refractivity contribution is 0.285. The molecule has 0 atom stereocenters. The van der Waals surface area contributed by atoms with Gasteiger partial charge in [-0.05, 0) is 44.6 Å². The summed E-state index contributed by atoms with van der Waals surface area (Å²) < 4.78 is 5.86. The molecule has 0 aliphatic heterocycles. The molecule has 0 spiro atoms. The molecule has 0 bridgehead atoms. The van der Waals surface area contributed by atoms with Crippen molar-refractivity contribution < 1.29 is 4.42 Å². The van der Waals surface area contributed by atoms with E-state index in [9.17, 15) is 0 Å². The van der Waals surface area contributed by atoms with Gasteiger partial charge in [-0.1, -0.05) is 13.0 Å². The Hall–Kier alpha value is -1.65. The largest absolute Gasteiger partial charge is 0.465 e. The molecule has 0 aromatic carbocycles. The first-order chi connectivity index (χ1) is 10.2. The summed E-state index contributed by atoms with van der Waals surface area (Å²) in [6.07, 6.45) is 4.86. The van der Waals surface area contributed by atoms with Crippen LogP contribution in [-0.4, -0.2) is 23.5 Å². The predicted octanol–water partition coefficient (Wildman–Crippen LogP) is 3.11. The number of rotatable bonds is 8. The van der Waals surface area contributed by atoms with Crippen LogP contribution in [0.15, 0.2) is 35.0 Å². The summed E-state index contributed by atoms with van der Waals surface area (Å²) in [6.45, 7) is 7.82. The van der Waals surface area contributed by atoms with E-state index in [-0.39, 0.29) is 0 Å². The van der Waals surface area contributed by atoms with Gasteiger partial charge in [-0.25, -0.2) is 0 Å². The van der Waals surface area contributed by atoms with Crippen LogP contribution in [0.1, 0.15) is 36.0 Å². The zero-order valence-electron chi connectivity index (χ0n) is 13.2. The fourth-order valence-corrected chi connectivity index (χ4v) is 2.37. The molecule has 0 aliphatic carbocycles. The third kappa shape index (κ3) is 4.99. The van der Waals surface area contributed by atoms with E-state index < -0.39 is 0 Å². The van der Waals surface area contributed by atoms with Gasteiger partial charge in [0.25, 0.3) is 0 Å². The molecule has 21 heavy (non-hydrogen) atoms. The van der Waals surface area contributed by atoms with Crippen molar-refractivity contribution in [1.82, 2.24) is 15.2 Å². The van der Waals surface area contributed by atoms with Gasteiger partial charge in [-0.3, -0.25) is 9.88 Å². The topological polar surface area (TPSA) is 41.3 Å². The van der Waals surface area contributed by atoms with Gasteiger partial charge in [0.1, 0.15) is 11.5 Å². The molecular weight excluding hydrogens is 262 g/mol. The molecule has 2 aromatic heterocycles. The van der Waals surface area contributed by atoms with Crippen LogP contribution in [0.25, 0.3) is 0 Å². The molecule has 0 amide bonds. The fourth-order valence-electron chi connectivity index (χ4n) is 2.37. The van der Waals surface area contributed by atoms with Gasteiger partial charge in [-0.15, -0.1) is 0 Å². The van der Waals surface area contributed by atoms with Crippen LogP contribution in [0.5, 0.6) is 0 Å². The number of aromatic nitrogens is 1. The Kier molecular flexibility index (Phi) is 5.96. The quantitative estimate of drug-likeness (QED) is 0.757. The third-order valence-electron chi connectivity index (χ3n) is 3.41. The molecule has 1 N–H and O–H groups in total. The van der Waals surface area contributed by atoms with Gasteiger partial charge in [-0.2, -0.15) is 0 Å². The highest BCUT2D eigenvalue weighted by Crippen LogP contribution is 2.16. The molecule has 2 rings (SSSR count). The van der Waals surface area contributed by atoms with Crippen LogP contribution in [0.2, 0.25) is 0 Å². The van der Waals surface area contributed by atoms with Crippen molar-refractivity contribution in [3.8, 4) is 0 Å². The summed E-state index contributed by atoms with van der Waals surface area (Å²) in [5.74, 6) is 2.04. The lowest BCUT2D eigenvalue weighted by Crippen LogP contribution is -2.17. The van der Waals surface area contributed by atoms with Crippen molar-refractivity contribution in [2.24, 2.45) is 0 Å². The highest BCUT2D eigenvalue weighted by Gasteiger charge is 2.09. The Morgan fingerprint density at radius 3 is 2.90 bits per heavy atom. The molecule has 2 aromatic rings. The summed E-state index contributed by atoms with van der Waals surface area (Å²) >= 11 is 0. The smallest absolute Gasteiger partial charge is 0.118 e. The first-order valence-corrected chi connectivity index (χ1v) is 7.55. The van der Waals surface area contributed by atoms with Gasteiger partial charge in [0.15, 0.2) is 0 Å². The van der Waals surface area contributed by atoms with Gasteiger partial charge in [0, 0.05) is 31.0 Å². The molecular formula is C17H25N3O. The van der Waals surface area contributed by atoms with E-state index in [1.54, 1.807) is 6.20 Å². The summed E-state index contributed by atoms with van der Waals surface area (Å²) in [7, 11) is 2.10. The normalized spacial score (nSPS) is 11.2. The van der Waals surface area contributed by atoms with Crippen LogP contribution >= 0.6 is 0 Å². The number of pyridine rings is 1. The van der Waals surface area contributed by atoms with Gasteiger partial charge < -0.3 is 9.73 Å².